The number of nitrogens with one attached hydrogen (secondary N) is 1. The molecule has 1 aromatic carbocycles. The standard InChI is InChI=1S/C17H32N2.C17H26N2.C14H27N3O.C14H29N3.C12H24N2S/c2*1-14(2)18-11-8-17(9-12-18)19-10-7-15-5-3-4-6-16(15)13-19;1-11(2)16-8-5-14(6-9-16)17-7-4-13(10-17)15-12(3)18;1-13(2)16-9-5-14(6-10-16)17-8-4-7-15(3)11-12-17;1-11(2)13-5-3-12(4-6-13)14-7-9-15-10-8-14/h14-17H,3-13H2,1-2H3;3-6,14,17H,7-13H2,1-2H3;11,13-14H,4-10H2,1-3H3,(H,15,18);13-14H,4-12H2,1-3H3;11-12H,3-10H2,1-2H3. The van der Waals surface area contributed by atoms with Crippen LogP contribution in [-0.4, -0.2) is 282 Å². The fourth-order valence-electron chi connectivity index (χ4n) is 17.5. The lowest BCUT2D eigenvalue weighted by molar-refractivity contribution is -0.119. The lowest BCUT2D eigenvalue weighted by Gasteiger charge is -2.47. The molecule has 1 saturated carbocycles. The summed E-state index contributed by atoms with van der Waals surface area (Å²) in [7, 11) is 2.25. The Morgan fingerprint density at radius 1 is 0.398 bits per heavy atom. The van der Waals surface area contributed by atoms with Crippen molar-refractivity contribution in [3.05, 3.63) is 35.4 Å². The summed E-state index contributed by atoms with van der Waals surface area (Å²) in [5.41, 5.74) is 3.12. The highest BCUT2D eigenvalue weighted by atomic mass is 32.2. The zero-order valence-electron chi connectivity index (χ0n) is 59.2. The van der Waals surface area contributed by atoms with E-state index in [2.05, 4.69) is 172 Å². The fraction of sp³-hybridized carbons (Fsp3) is 0.905. The normalized spacial score (nSPS) is 28.3. The minimum atomic E-state index is 0.108. The van der Waals surface area contributed by atoms with Gasteiger partial charge in [-0.15, -0.1) is 0 Å². The molecule has 11 aliphatic rings. The first-order valence-electron chi connectivity index (χ1n) is 37.5. The Morgan fingerprint density at radius 2 is 0.807 bits per heavy atom. The molecule has 0 radical (unpaired) electrons. The van der Waals surface area contributed by atoms with Gasteiger partial charge in [0.05, 0.1) is 0 Å². The summed E-state index contributed by atoms with van der Waals surface area (Å²) in [6, 6.07) is 17.1. The number of likely N-dealkylation sites (tertiary alicyclic amines) is 7. The van der Waals surface area contributed by atoms with Crippen LogP contribution in [0.2, 0.25) is 0 Å². The van der Waals surface area contributed by atoms with Crippen molar-refractivity contribution < 1.29 is 4.79 Å². The Morgan fingerprint density at radius 3 is 1.27 bits per heavy atom. The first-order valence-corrected chi connectivity index (χ1v) is 38.6. The molecule has 3 unspecified atom stereocenters. The molecule has 88 heavy (non-hydrogen) atoms. The lowest BCUT2D eigenvalue weighted by atomic mass is 9.74. The molecular weight excluding hydrogens is 1100 g/mol. The molecule has 1 aliphatic carbocycles. The van der Waals surface area contributed by atoms with E-state index in [1.165, 1.54) is 252 Å². The number of hydrogen-bond donors (Lipinski definition) is 1. The largest absolute Gasteiger partial charge is 0.352 e. The molecule has 1 amide bonds. The van der Waals surface area contributed by atoms with Crippen LogP contribution in [0, 0.1) is 11.8 Å². The third kappa shape index (κ3) is 22.9. The number of likely N-dealkylation sites (N-methyl/N-ethyl adjacent to an activating group) is 1. The van der Waals surface area contributed by atoms with E-state index in [0.717, 1.165) is 79.7 Å². The molecule has 10 aliphatic heterocycles. The number of thioether (sulfide) groups is 1. The summed E-state index contributed by atoms with van der Waals surface area (Å²) in [4.78, 5) is 40.3. The van der Waals surface area contributed by atoms with Crippen LogP contribution in [0.25, 0.3) is 0 Å². The number of hydrogen-bond acceptors (Lipinski definition) is 13. The van der Waals surface area contributed by atoms with Gasteiger partial charge in [-0.05, 0) is 281 Å². The van der Waals surface area contributed by atoms with Gasteiger partial charge >= 0.3 is 0 Å². The van der Waals surface area contributed by atoms with Crippen molar-refractivity contribution in [2.45, 2.75) is 265 Å². The van der Waals surface area contributed by atoms with Crippen LogP contribution < -0.4 is 5.32 Å². The van der Waals surface area contributed by atoms with Crippen LogP contribution in [0.3, 0.4) is 0 Å². The van der Waals surface area contributed by atoms with Gasteiger partial charge < -0.3 is 34.7 Å². The molecule has 1 aromatic rings. The minimum absolute atomic E-state index is 0.108. The molecule has 0 aromatic heterocycles. The summed E-state index contributed by atoms with van der Waals surface area (Å²) in [5, 5.41) is 3.05. The number of benzene rings is 1. The van der Waals surface area contributed by atoms with E-state index in [0.29, 0.717) is 18.1 Å². The molecule has 0 bridgehead atoms. The van der Waals surface area contributed by atoms with Crippen molar-refractivity contribution in [2.24, 2.45) is 11.8 Å². The highest BCUT2D eigenvalue weighted by Gasteiger charge is 2.37. The van der Waals surface area contributed by atoms with Crippen molar-refractivity contribution in [3.8, 4) is 0 Å². The monoisotopic (exact) mass is 1240 g/mol. The summed E-state index contributed by atoms with van der Waals surface area (Å²) >= 11 is 2.12. The van der Waals surface area contributed by atoms with Crippen LogP contribution in [0.5, 0.6) is 0 Å². The summed E-state index contributed by atoms with van der Waals surface area (Å²) in [5.74, 6) is 4.94. The van der Waals surface area contributed by atoms with E-state index >= 15 is 0 Å². The van der Waals surface area contributed by atoms with Crippen molar-refractivity contribution >= 4 is 17.7 Å². The maximum absolute atomic E-state index is 11.1. The summed E-state index contributed by atoms with van der Waals surface area (Å²) in [6.45, 7) is 52.9. The van der Waals surface area contributed by atoms with Gasteiger partial charge in [0.1, 0.15) is 0 Å². The SMILES string of the molecule is CC(=O)NC1CCN(C2CCN(C(C)C)CC2)C1.CC(C)N1CCC(N2CCC3CCCCC3C2)CC1.CC(C)N1CCC(N2CCCN(C)CC2)CC1.CC(C)N1CCC(N2CCSCC2)CC1.CC(C)N1CCC(N2CCc3ccccc3C2)CC1. The average Bonchev–Trinajstić information content (AvgIpc) is 4.06. The van der Waals surface area contributed by atoms with E-state index < -0.39 is 0 Å². The molecule has 3 atom stereocenters. The Kier molecular flexibility index (Phi) is 31.0. The van der Waals surface area contributed by atoms with Gasteiger partial charge in [0.25, 0.3) is 0 Å². The molecule has 13 nitrogen and oxygen atoms in total. The van der Waals surface area contributed by atoms with Crippen molar-refractivity contribution in [1.29, 1.82) is 0 Å². The van der Waals surface area contributed by atoms with Crippen LogP contribution in [-0.2, 0) is 17.8 Å². The number of carbonyl (C=O) groups is 1. The van der Waals surface area contributed by atoms with E-state index in [1.54, 1.807) is 18.1 Å². The number of rotatable bonds is 11. The topological polar surface area (TPSA) is 64.7 Å². The third-order valence-electron chi connectivity index (χ3n) is 23.6. The van der Waals surface area contributed by atoms with Crippen LogP contribution >= 0.6 is 11.8 Å². The maximum Gasteiger partial charge on any atom is 0.217 e. The highest BCUT2D eigenvalue weighted by molar-refractivity contribution is 7.99. The smallest absolute Gasteiger partial charge is 0.217 e. The fourth-order valence-corrected chi connectivity index (χ4v) is 18.5. The minimum Gasteiger partial charge on any atom is -0.352 e. The van der Waals surface area contributed by atoms with Gasteiger partial charge in [-0.3, -0.25) is 29.3 Å². The van der Waals surface area contributed by atoms with Crippen LogP contribution in [0.15, 0.2) is 24.3 Å². The van der Waals surface area contributed by atoms with Gasteiger partial charge in [0, 0.05) is 144 Å². The number of nitrogens with zero attached hydrogens (tertiary/aromatic N) is 11. The van der Waals surface area contributed by atoms with Crippen molar-refractivity contribution in [1.82, 2.24) is 59.2 Å². The molecule has 14 heteroatoms. The van der Waals surface area contributed by atoms with Crippen LogP contribution in [0.1, 0.15) is 196 Å². The maximum atomic E-state index is 11.1. The number of fused-ring (bicyclic) bond motifs is 2. The Bertz CT molecular complexity index is 2050. The predicted octanol–water partition coefficient (Wildman–Crippen LogP) is 10.8. The zero-order chi connectivity index (χ0) is 62.5. The van der Waals surface area contributed by atoms with Crippen molar-refractivity contribution in [2.75, 3.05) is 156 Å². The zero-order valence-corrected chi connectivity index (χ0v) is 60.1. The first-order chi connectivity index (χ1) is 42.5. The van der Waals surface area contributed by atoms with Crippen molar-refractivity contribution in [3.63, 3.8) is 0 Å². The predicted molar refractivity (Wildman–Crippen MR) is 377 cm³/mol. The number of amides is 1. The highest BCUT2D eigenvalue weighted by Crippen LogP contribution is 2.38. The molecule has 9 saturated heterocycles. The lowest BCUT2D eigenvalue weighted by Crippen LogP contribution is -2.51. The average molecular weight is 1240 g/mol. The molecular formula is C74H138N12OS. The van der Waals surface area contributed by atoms with E-state index in [9.17, 15) is 4.79 Å². The Hall–Kier alpha value is -1.40. The third-order valence-corrected chi connectivity index (χ3v) is 24.6. The number of piperidine rings is 6. The quantitative estimate of drug-likeness (QED) is 0.229. The molecule has 1 N–H and O–H groups in total. The summed E-state index contributed by atoms with van der Waals surface area (Å²) < 4.78 is 0. The molecule has 506 valence electrons. The molecule has 10 fully saturated rings. The van der Waals surface area contributed by atoms with Gasteiger partial charge in [0.2, 0.25) is 5.91 Å². The first kappa shape index (κ1) is 72.4. The van der Waals surface area contributed by atoms with Gasteiger partial charge in [-0.1, -0.05) is 43.5 Å². The second-order valence-electron chi connectivity index (χ2n) is 30.9. The molecule has 10 heterocycles. The van der Waals surface area contributed by atoms with E-state index in [1.807, 2.05) is 0 Å². The Labute approximate surface area is 546 Å². The van der Waals surface area contributed by atoms with E-state index in [-0.39, 0.29) is 5.91 Å². The Balaban J connectivity index is 0.000000143. The number of carbonyl (C=O) groups excluding carboxylic acids is 1. The van der Waals surface area contributed by atoms with Gasteiger partial charge in [0.15, 0.2) is 0 Å². The van der Waals surface area contributed by atoms with Crippen LogP contribution in [0.4, 0.5) is 0 Å². The van der Waals surface area contributed by atoms with E-state index in [4.69, 9.17) is 0 Å². The molecule has 0 spiro atoms. The van der Waals surface area contributed by atoms with Gasteiger partial charge in [-0.2, -0.15) is 11.8 Å². The second-order valence-corrected chi connectivity index (χ2v) is 32.1. The summed E-state index contributed by atoms with van der Waals surface area (Å²) in [6.07, 6.45) is 24.9. The van der Waals surface area contributed by atoms with Gasteiger partial charge in [-0.25, -0.2) is 0 Å². The second kappa shape index (κ2) is 37.6. The molecule has 12 rings (SSSR count).